The normalized spacial score (nSPS) is 13.3. The van der Waals surface area contributed by atoms with Crippen molar-refractivity contribution in [1.82, 2.24) is 0 Å². The molecule has 0 saturated heterocycles. The molecule has 0 aliphatic carbocycles. The van der Waals surface area contributed by atoms with Gasteiger partial charge in [-0.2, -0.15) is 0 Å². The van der Waals surface area contributed by atoms with Gasteiger partial charge in [-0.15, -0.1) is 0 Å². The van der Waals surface area contributed by atoms with Gasteiger partial charge in [0, 0.05) is 5.56 Å². The maximum Gasteiger partial charge on any atom is 0.356 e. The lowest BCUT2D eigenvalue weighted by atomic mass is 9.69. The van der Waals surface area contributed by atoms with Crippen molar-refractivity contribution in [3.63, 3.8) is 0 Å². The minimum absolute atomic E-state index is 0.0488. The Balaban J connectivity index is 2.39. The van der Waals surface area contributed by atoms with Gasteiger partial charge in [0.1, 0.15) is 0 Å². The highest BCUT2D eigenvalue weighted by molar-refractivity contribution is 7.60. The highest BCUT2D eigenvalue weighted by atomic mass is 31.2. The van der Waals surface area contributed by atoms with Crippen LogP contribution in [0.3, 0.4) is 0 Å². The van der Waals surface area contributed by atoms with Crippen molar-refractivity contribution in [3.05, 3.63) is 101 Å². The fourth-order valence-corrected chi connectivity index (χ4v) is 7.44. The van der Waals surface area contributed by atoms with Gasteiger partial charge in [-0.1, -0.05) is 156 Å². The Morgan fingerprint density at radius 1 is 0.455 bits per heavy atom. The van der Waals surface area contributed by atoms with E-state index in [-0.39, 0.29) is 27.0 Å². The van der Waals surface area contributed by atoms with Crippen LogP contribution in [0.25, 0.3) is 33.4 Å². The smallest absolute Gasteiger partial charge is 0.321 e. The monoisotopic (exact) mass is 610 g/mol. The van der Waals surface area contributed by atoms with E-state index in [1.165, 1.54) is 22.3 Å². The van der Waals surface area contributed by atoms with Crippen molar-refractivity contribution in [2.45, 2.75) is 105 Å². The van der Waals surface area contributed by atoms with Crippen LogP contribution >= 0.6 is 7.60 Å². The number of hydrogen-bond acceptors (Lipinski definition) is 1. The lowest BCUT2D eigenvalue weighted by Crippen LogP contribution is -2.24. The summed E-state index contributed by atoms with van der Waals surface area (Å²) in [6, 6.07) is 26.3. The SMILES string of the molecule is CC(C)(C)c1cccc(-c2ccc(P(=O)(O)O)c(-c3ccccc3)c2-c2cccc(C(C)(C)C)c2C(C)(C)C)c1C(C)(C)C. The Morgan fingerprint density at radius 3 is 1.34 bits per heavy atom. The van der Waals surface area contributed by atoms with Crippen LogP contribution in [0.4, 0.5) is 0 Å². The van der Waals surface area contributed by atoms with Gasteiger partial charge in [-0.3, -0.25) is 4.57 Å². The molecule has 0 heterocycles. The van der Waals surface area contributed by atoms with Gasteiger partial charge < -0.3 is 9.79 Å². The fourth-order valence-electron chi connectivity index (χ4n) is 6.64. The van der Waals surface area contributed by atoms with Crippen molar-refractivity contribution in [1.29, 1.82) is 0 Å². The van der Waals surface area contributed by atoms with E-state index in [1.54, 1.807) is 6.07 Å². The van der Waals surface area contributed by atoms with Crippen LogP contribution < -0.4 is 5.30 Å². The van der Waals surface area contributed by atoms with Crippen LogP contribution in [0.5, 0.6) is 0 Å². The number of benzene rings is 4. The molecule has 44 heavy (non-hydrogen) atoms. The summed E-state index contributed by atoms with van der Waals surface area (Å²) in [4.78, 5) is 21.6. The van der Waals surface area contributed by atoms with Crippen LogP contribution in [-0.4, -0.2) is 9.79 Å². The Kier molecular flexibility index (Phi) is 8.81. The first-order chi connectivity index (χ1) is 20.0. The molecule has 0 spiro atoms. The number of rotatable bonds is 4. The molecule has 0 fully saturated rings. The van der Waals surface area contributed by atoms with E-state index in [9.17, 15) is 14.4 Å². The quantitative estimate of drug-likeness (QED) is 0.226. The third-order valence-corrected chi connectivity index (χ3v) is 9.36. The first kappa shape index (κ1) is 33.9. The zero-order chi connectivity index (χ0) is 33.0. The summed E-state index contributed by atoms with van der Waals surface area (Å²) in [5.74, 6) is 0. The highest BCUT2D eigenvalue weighted by Crippen LogP contribution is 2.51. The Hall–Kier alpha value is -2.97. The predicted octanol–water partition coefficient (Wildman–Crippen LogP) is 10.7. The van der Waals surface area contributed by atoms with E-state index in [2.05, 4.69) is 119 Å². The molecule has 4 aromatic rings. The predicted molar refractivity (Wildman–Crippen MR) is 189 cm³/mol. The summed E-state index contributed by atoms with van der Waals surface area (Å²) >= 11 is 0. The minimum atomic E-state index is -4.66. The van der Waals surface area contributed by atoms with Crippen molar-refractivity contribution in [2.75, 3.05) is 0 Å². The molecular weight excluding hydrogens is 559 g/mol. The molecule has 0 aliphatic rings. The van der Waals surface area contributed by atoms with Crippen LogP contribution in [0.2, 0.25) is 0 Å². The molecule has 0 aliphatic heterocycles. The standard InChI is InChI=1S/C40H51O3P/c1-37(2,3)30-22-16-20-28(35(30)39(7,8)9)27-24-25-32(44(41,42)43)33(26-18-14-13-15-19-26)34(27)29-21-17-23-31(38(4,5)6)36(29)40(10,11)12/h13-25H,1-12H3,(H2,41,42,43). The van der Waals surface area contributed by atoms with Gasteiger partial charge in [0.2, 0.25) is 0 Å². The topological polar surface area (TPSA) is 57.5 Å². The third-order valence-electron chi connectivity index (χ3n) is 8.36. The van der Waals surface area contributed by atoms with Gasteiger partial charge >= 0.3 is 7.60 Å². The Labute approximate surface area is 265 Å². The zero-order valence-electron chi connectivity index (χ0n) is 28.8. The maximum atomic E-state index is 13.3. The fraction of sp³-hybridized carbons (Fsp3) is 0.400. The summed E-state index contributed by atoms with van der Waals surface area (Å²) in [5, 5.41) is 0.0488. The largest absolute Gasteiger partial charge is 0.356 e. The molecule has 0 bridgehead atoms. The maximum absolute atomic E-state index is 13.3. The molecular formula is C40H51O3P. The average Bonchev–Trinajstić information content (AvgIpc) is 2.89. The van der Waals surface area contributed by atoms with Gasteiger partial charge in [0.15, 0.2) is 0 Å². The molecule has 0 saturated carbocycles. The van der Waals surface area contributed by atoms with E-state index in [0.717, 1.165) is 27.8 Å². The molecule has 0 radical (unpaired) electrons. The van der Waals surface area contributed by atoms with E-state index >= 15 is 0 Å². The minimum Gasteiger partial charge on any atom is -0.321 e. The van der Waals surface area contributed by atoms with E-state index in [4.69, 9.17) is 0 Å². The summed E-state index contributed by atoms with van der Waals surface area (Å²) in [7, 11) is -4.66. The van der Waals surface area contributed by atoms with E-state index in [0.29, 0.717) is 5.56 Å². The molecule has 0 aromatic heterocycles. The zero-order valence-corrected chi connectivity index (χ0v) is 29.6. The van der Waals surface area contributed by atoms with Crippen LogP contribution in [0, 0.1) is 0 Å². The van der Waals surface area contributed by atoms with Crippen molar-refractivity contribution in [2.24, 2.45) is 0 Å². The lowest BCUT2D eigenvalue weighted by Gasteiger charge is -2.35. The van der Waals surface area contributed by atoms with Gasteiger partial charge in [-0.05, 0) is 77.8 Å². The summed E-state index contributed by atoms with van der Waals surface area (Å²) in [5.41, 5.74) is 9.59. The Morgan fingerprint density at radius 2 is 0.909 bits per heavy atom. The Bertz CT molecular complexity index is 1710. The molecule has 2 N–H and O–H groups in total. The second-order valence-corrected chi connectivity index (χ2v) is 17.8. The van der Waals surface area contributed by atoms with Gasteiger partial charge in [0.05, 0.1) is 5.30 Å². The average molecular weight is 611 g/mol. The van der Waals surface area contributed by atoms with Crippen molar-refractivity contribution >= 4 is 12.9 Å². The molecule has 4 heteroatoms. The van der Waals surface area contributed by atoms with Gasteiger partial charge in [0.25, 0.3) is 0 Å². The number of hydrogen-bond donors (Lipinski definition) is 2. The van der Waals surface area contributed by atoms with Crippen LogP contribution in [0.1, 0.15) is 105 Å². The lowest BCUT2D eigenvalue weighted by molar-refractivity contribution is 0.387. The first-order valence-corrected chi connectivity index (χ1v) is 17.2. The van der Waals surface area contributed by atoms with E-state index in [1.807, 2.05) is 36.4 Å². The second-order valence-electron chi connectivity index (χ2n) is 16.2. The van der Waals surface area contributed by atoms with Gasteiger partial charge in [-0.25, -0.2) is 0 Å². The third kappa shape index (κ3) is 6.66. The molecule has 0 amide bonds. The molecule has 4 aromatic carbocycles. The van der Waals surface area contributed by atoms with Crippen molar-refractivity contribution < 1.29 is 14.4 Å². The summed E-state index contributed by atoms with van der Waals surface area (Å²) in [6.07, 6.45) is 0. The summed E-state index contributed by atoms with van der Waals surface area (Å²) in [6.45, 7) is 26.9. The molecule has 234 valence electrons. The molecule has 0 unspecified atom stereocenters. The highest BCUT2D eigenvalue weighted by Gasteiger charge is 2.35. The summed E-state index contributed by atoms with van der Waals surface area (Å²) < 4.78 is 13.3. The molecule has 3 nitrogen and oxygen atoms in total. The van der Waals surface area contributed by atoms with Crippen LogP contribution in [-0.2, 0) is 26.2 Å². The first-order valence-electron chi connectivity index (χ1n) is 15.6. The van der Waals surface area contributed by atoms with E-state index < -0.39 is 7.60 Å². The van der Waals surface area contributed by atoms with Crippen molar-refractivity contribution in [3.8, 4) is 33.4 Å². The molecule has 0 atom stereocenters. The van der Waals surface area contributed by atoms with Crippen LogP contribution in [0.15, 0.2) is 78.9 Å². The molecule has 4 rings (SSSR count). The second kappa shape index (κ2) is 11.4.